The Morgan fingerprint density at radius 2 is 2.05 bits per heavy atom. The van der Waals surface area contributed by atoms with Crippen LogP contribution in [0.15, 0.2) is 23.1 Å². The molecule has 0 heterocycles. The third-order valence-electron chi connectivity index (χ3n) is 2.58. The van der Waals surface area contributed by atoms with Crippen LogP contribution in [0.3, 0.4) is 0 Å². The lowest BCUT2D eigenvalue weighted by Crippen LogP contribution is -2.36. The topological polar surface area (TPSA) is 118 Å². The zero-order valence-electron chi connectivity index (χ0n) is 11.8. The lowest BCUT2D eigenvalue weighted by Gasteiger charge is -2.13. The molecular weight excluding hydrogens is 318 g/mol. The smallest absolute Gasteiger partial charge is 0.289 e. The second-order valence-electron chi connectivity index (χ2n) is 4.45. The summed E-state index contributed by atoms with van der Waals surface area (Å²) in [6, 6.07) is 3.14. The van der Waals surface area contributed by atoms with E-state index in [2.05, 4.69) is 10.0 Å². The average Bonchev–Trinajstić information content (AvgIpc) is 2.36. The van der Waals surface area contributed by atoms with Gasteiger partial charge < -0.3 is 5.32 Å². The molecule has 1 aromatic rings. The van der Waals surface area contributed by atoms with Crippen LogP contribution < -0.4 is 10.0 Å². The molecule has 0 fully saturated rings. The predicted molar refractivity (Wildman–Crippen MR) is 81.4 cm³/mol. The first-order valence-corrected chi connectivity index (χ1v) is 9.17. The molecule has 118 valence electrons. The first-order valence-electron chi connectivity index (χ1n) is 5.96. The highest BCUT2D eigenvalue weighted by molar-refractivity contribution is 7.89. The van der Waals surface area contributed by atoms with E-state index in [1.165, 1.54) is 18.4 Å². The molecule has 0 spiro atoms. The van der Waals surface area contributed by atoms with E-state index in [1.807, 2.05) is 0 Å². The molecule has 0 aromatic heterocycles. The Labute approximate surface area is 125 Å². The van der Waals surface area contributed by atoms with Crippen molar-refractivity contribution >= 4 is 32.2 Å². The SMILES string of the molecule is CNc1ccc([N+](=O)[O-])c(S(=O)(=O)NC(C)CS(C)=O)c1. The number of sulfonamides is 1. The maximum Gasteiger partial charge on any atom is 0.289 e. The Balaban J connectivity index is 3.22. The Hall–Kier alpha value is -1.52. The summed E-state index contributed by atoms with van der Waals surface area (Å²) in [4.78, 5) is 9.80. The number of benzene rings is 1. The summed E-state index contributed by atoms with van der Waals surface area (Å²) in [5.74, 6) is 0.124. The molecule has 0 saturated carbocycles. The van der Waals surface area contributed by atoms with Gasteiger partial charge in [0.1, 0.15) is 0 Å². The molecule has 0 radical (unpaired) electrons. The number of nitrogens with one attached hydrogen (secondary N) is 2. The van der Waals surface area contributed by atoms with Crippen LogP contribution in [0.2, 0.25) is 0 Å². The quantitative estimate of drug-likeness (QED) is 0.559. The Morgan fingerprint density at radius 3 is 2.52 bits per heavy atom. The van der Waals surface area contributed by atoms with Gasteiger partial charge in [0.05, 0.1) is 4.92 Å². The van der Waals surface area contributed by atoms with Crippen LogP contribution in [0.5, 0.6) is 0 Å². The van der Waals surface area contributed by atoms with Gasteiger partial charge in [-0.15, -0.1) is 0 Å². The monoisotopic (exact) mass is 335 g/mol. The Bertz CT molecular complexity index is 660. The summed E-state index contributed by atoms with van der Waals surface area (Å²) < 4.78 is 38.0. The van der Waals surface area contributed by atoms with E-state index in [1.54, 1.807) is 14.0 Å². The standard InChI is InChI=1S/C11H17N3O5S2/c1-8(7-20(3)17)13-21(18,19)11-6-9(12-2)4-5-10(11)14(15)16/h4-6,8,12-13H,7H2,1-3H3. The number of hydrogen-bond acceptors (Lipinski definition) is 6. The molecule has 2 unspecified atom stereocenters. The Morgan fingerprint density at radius 1 is 1.43 bits per heavy atom. The van der Waals surface area contributed by atoms with Crippen molar-refractivity contribution in [3.05, 3.63) is 28.3 Å². The van der Waals surface area contributed by atoms with Gasteiger partial charge in [-0.3, -0.25) is 14.3 Å². The molecule has 21 heavy (non-hydrogen) atoms. The van der Waals surface area contributed by atoms with Gasteiger partial charge in [-0.25, -0.2) is 13.1 Å². The highest BCUT2D eigenvalue weighted by atomic mass is 32.2. The molecule has 10 heteroatoms. The number of rotatable bonds is 7. The zero-order valence-corrected chi connectivity index (χ0v) is 13.5. The van der Waals surface area contributed by atoms with Gasteiger partial charge in [-0.2, -0.15) is 0 Å². The van der Waals surface area contributed by atoms with E-state index in [9.17, 15) is 22.7 Å². The predicted octanol–water partition coefficient (Wildman–Crippen LogP) is 0.682. The van der Waals surface area contributed by atoms with Gasteiger partial charge in [0.2, 0.25) is 10.0 Å². The molecule has 8 nitrogen and oxygen atoms in total. The van der Waals surface area contributed by atoms with E-state index in [0.29, 0.717) is 5.69 Å². The fraction of sp³-hybridized carbons (Fsp3) is 0.455. The van der Waals surface area contributed by atoms with Crippen molar-refractivity contribution in [2.45, 2.75) is 17.9 Å². The zero-order chi connectivity index (χ0) is 16.2. The minimum atomic E-state index is -4.08. The third-order valence-corrected chi connectivity index (χ3v) is 5.16. The van der Waals surface area contributed by atoms with Crippen LogP contribution in [0.1, 0.15) is 6.92 Å². The fourth-order valence-corrected chi connectivity index (χ4v) is 4.08. The summed E-state index contributed by atoms with van der Waals surface area (Å²) in [6.45, 7) is 1.55. The van der Waals surface area contributed by atoms with Crippen molar-refractivity contribution in [3.8, 4) is 0 Å². The van der Waals surface area contributed by atoms with E-state index < -0.39 is 42.4 Å². The minimum absolute atomic E-state index is 0.124. The van der Waals surface area contributed by atoms with Crippen LogP contribution in [0.4, 0.5) is 11.4 Å². The Kier molecular flexibility index (Phi) is 5.81. The molecule has 1 rings (SSSR count). The normalized spacial score (nSPS) is 14.4. The lowest BCUT2D eigenvalue weighted by atomic mass is 10.3. The van der Waals surface area contributed by atoms with Crippen molar-refractivity contribution in [1.82, 2.24) is 4.72 Å². The number of nitrogens with zero attached hydrogens (tertiary/aromatic N) is 1. The van der Waals surface area contributed by atoms with Gasteiger partial charge in [0.25, 0.3) is 5.69 Å². The van der Waals surface area contributed by atoms with Crippen molar-refractivity contribution < 1.29 is 17.6 Å². The number of nitro benzene ring substituents is 1. The summed E-state index contributed by atoms with van der Waals surface area (Å²) in [6.07, 6.45) is 1.45. The van der Waals surface area contributed by atoms with Gasteiger partial charge in [-0.1, -0.05) is 0 Å². The number of nitro groups is 1. The van der Waals surface area contributed by atoms with E-state index in [4.69, 9.17) is 0 Å². The largest absolute Gasteiger partial charge is 0.388 e. The van der Waals surface area contributed by atoms with Crippen LogP contribution >= 0.6 is 0 Å². The minimum Gasteiger partial charge on any atom is -0.388 e. The molecule has 0 amide bonds. The number of anilines is 1. The molecule has 0 aliphatic heterocycles. The fourth-order valence-electron chi connectivity index (χ4n) is 1.75. The molecule has 0 bridgehead atoms. The van der Waals surface area contributed by atoms with E-state index >= 15 is 0 Å². The molecule has 0 aliphatic rings. The summed E-state index contributed by atoms with van der Waals surface area (Å²) in [5.41, 5.74) is -0.0704. The van der Waals surface area contributed by atoms with Crippen molar-refractivity contribution in [3.63, 3.8) is 0 Å². The van der Waals surface area contributed by atoms with E-state index in [-0.39, 0.29) is 5.75 Å². The maximum absolute atomic E-state index is 12.3. The summed E-state index contributed by atoms with van der Waals surface area (Å²) in [7, 11) is -3.68. The van der Waals surface area contributed by atoms with Crippen LogP contribution in [0, 0.1) is 10.1 Å². The molecule has 0 saturated heterocycles. The molecular formula is C11H17N3O5S2. The highest BCUT2D eigenvalue weighted by Gasteiger charge is 2.27. The molecule has 2 N–H and O–H groups in total. The summed E-state index contributed by atoms with van der Waals surface area (Å²) in [5, 5.41) is 13.7. The highest BCUT2D eigenvalue weighted by Crippen LogP contribution is 2.27. The van der Waals surface area contributed by atoms with Crippen molar-refractivity contribution in [1.29, 1.82) is 0 Å². The van der Waals surface area contributed by atoms with Crippen LogP contribution in [-0.4, -0.2) is 42.6 Å². The van der Waals surface area contributed by atoms with Crippen molar-refractivity contribution in [2.75, 3.05) is 24.4 Å². The molecule has 0 aliphatic carbocycles. The first-order chi connectivity index (χ1) is 9.67. The summed E-state index contributed by atoms with van der Waals surface area (Å²) >= 11 is 0. The van der Waals surface area contributed by atoms with Gasteiger partial charge in [0.15, 0.2) is 4.90 Å². The van der Waals surface area contributed by atoms with Gasteiger partial charge in [-0.05, 0) is 19.1 Å². The van der Waals surface area contributed by atoms with Gasteiger partial charge >= 0.3 is 0 Å². The van der Waals surface area contributed by atoms with E-state index in [0.717, 1.165) is 6.07 Å². The number of hydrogen-bond donors (Lipinski definition) is 2. The third kappa shape index (κ3) is 4.76. The second-order valence-corrected chi connectivity index (χ2v) is 7.61. The second kappa shape index (κ2) is 6.96. The van der Waals surface area contributed by atoms with Crippen molar-refractivity contribution in [2.24, 2.45) is 0 Å². The van der Waals surface area contributed by atoms with Crippen LogP contribution in [0.25, 0.3) is 0 Å². The lowest BCUT2D eigenvalue weighted by molar-refractivity contribution is -0.387. The first kappa shape index (κ1) is 17.5. The van der Waals surface area contributed by atoms with Gasteiger partial charge in [0, 0.05) is 47.7 Å². The maximum atomic E-state index is 12.3. The molecule has 2 atom stereocenters. The average molecular weight is 335 g/mol. The van der Waals surface area contributed by atoms with Crippen LogP contribution in [-0.2, 0) is 20.8 Å². The molecule has 1 aromatic carbocycles.